The van der Waals surface area contributed by atoms with Gasteiger partial charge < -0.3 is 28.4 Å². The molecule has 0 saturated heterocycles. The van der Waals surface area contributed by atoms with Crippen LogP contribution in [0.5, 0.6) is 0 Å². The summed E-state index contributed by atoms with van der Waals surface area (Å²) in [5.74, 6) is -3.12. The normalized spacial score (nSPS) is 11.8. The third-order valence-corrected chi connectivity index (χ3v) is 5.00. The standard InChI is InChI=1S/C21H36FN3O11/c1-31-17(26)10-23(11-18(27)32-2)6-8-25(16(14-36-15-22)21(30)35-5)9-7-24(12-19(28)33-3)13-20(29)34-4/h16H,6-15H2,1-5H3. The van der Waals surface area contributed by atoms with Crippen molar-refractivity contribution in [2.45, 2.75) is 6.04 Å². The molecule has 36 heavy (non-hydrogen) atoms. The molecule has 0 heterocycles. The van der Waals surface area contributed by atoms with E-state index in [1.165, 1.54) is 38.2 Å². The molecule has 208 valence electrons. The van der Waals surface area contributed by atoms with E-state index in [4.69, 9.17) is 9.47 Å². The summed E-state index contributed by atoms with van der Waals surface area (Å²) in [5, 5.41) is 0. The van der Waals surface area contributed by atoms with Gasteiger partial charge in [-0.05, 0) is 0 Å². The number of nitrogens with zero attached hydrogens (tertiary/aromatic N) is 3. The Balaban J connectivity index is 5.75. The Morgan fingerprint density at radius 3 is 1.25 bits per heavy atom. The number of carbonyl (C=O) groups excluding carboxylic acids is 5. The maximum atomic E-state index is 12.7. The molecule has 0 aromatic heterocycles. The molecule has 0 rings (SSSR count). The predicted octanol–water partition coefficient (Wildman–Crippen LogP) is -1.93. The molecular weight excluding hydrogens is 489 g/mol. The third kappa shape index (κ3) is 13.9. The zero-order valence-electron chi connectivity index (χ0n) is 21.4. The minimum absolute atomic E-state index is 0.0771. The van der Waals surface area contributed by atoms with Crippen LogP contribution in [-0.2, 0) is 52.4 Å². The number of alkyl halides is 1. The average Bonchev–Trinajstić information content (AvgIpc) is 2.88. The van der Waals surface area contributed by atoms with Gasteiger partial charge in [-0.25, -0.2) is 4.39 Å². The van der Waals surface area contributed by atoms with Crippen molar-refractivity contribution in [1.82, 2.24) is 14.7 Å². The topological polar surface area (TPSA) is 150 Å². The van der Waals surface area contributed by atoms with Gasteiger partial charge in [0, 0.05) is 26.2 Å². The highest BCUT2D eigenvalue weighted by atomic mass is 19.1. The van der Waals surface area contributed by atoms with E-state index >= 15 is 0 Å². The van der Waals surface area contributed by atoms with Crippen LogP contribution in [-0.4, -0.2) is 152 Å². The molecule has 0 aliphatic rings. The molecule has 0 N–H and O–H groups in total. The van der Waals surface area contributed by atoms with E-state index in [2.05, 4.69) is 18.9 Å². The van der Waals surface area contributed by atoms with Crippen molar-refractivity contribution in [3.8, 4) is 0 Å². The molecule has 0 fully saturated rings. The molecule has 0 bridgehead atoms. The van der Waals surface area contributed by atoms with Crippen LogP contribution in [0.15, 0.2) is 0 Å². The SMILES string of the molecule is COC(=O)CN(CCN(CCN(CC(=O)OC)CC(=O)OC)C(COCF)C(=O)OC)CC(=O)OC. The molecule has 0 aromatic rings. The van der Waals surface area contributed by atoms with E-state index in [1.54, 1.807) is 4.90 Å². The molecule has 14 nitrogen and oxygen atoms in total. The fourth-order valence-corrected chi connectivity index (χ4v) is 2.99. The Morgan fingerprint density at radius 1 is 0.611 bits per heavy atom. The van der Waals surface area contributed by atoms with Crippen molar-refractivity contribution in [2.75, 3.05) is 101 Å². The fraction of sp³-hybridized carbons (Fsp3) is 0.762. The van der Waals surface area contributed by atoms with Crippen molar-refractivity contribution < 1.29 is 56.8 Å². The first-order chi connectivity index (χ1) is 17.1. The van der Waals surface area contributed by atoms with Crippen molar-refractivity contribution in [1.29, 1.82) is 0 Å². The van der Waals surface area contributed by atoms with Crippen molar-refractivity contribution in [3.05, 3.63) is 0 Å². The zero-order valence-corrected chi connectivity index (χ0v) is 21.4. The summed E-state index contributed by atoms with van der Waals surface area (Å²) in [4.78, 5) is 64.0. The van der Waals surface area contributed by atoms with Crippen LogP contribution in [0.2, 0.25) is 0 Å². The highest BCUT2D eigenvalue weighted by Crippen LogP contribution is 2.07. The molecule has 0 aromatic carbocycles. The summed E-state index contributed by atoms with van der Waals surface area (Å²) >= 11 is 0. The Hall–Kier alpha value is -2.88. The number of methoxy groups -OCH3 is 5. The predicted molar refractivity (Wildman–Crippen MR) is 120 cm³/mol. The minimum atomic E-state index is -1.14. The summed E-state index contributed by atoms with van der Waals surface area (Å²) < 4.78 is 41.0. The van der Waals surface area contributed by atoms with Crippen LogP contribution in [0.3, 0.4) is 0 Å². The summed E-state index contributed by atoms with van der Waals surface area (Å²) in [6, 6.07) is -1.07. The van der Waals surface area contributed by atoms with E-state index < -0.39 is 42.7 Å². The van der Waals surface area contributed by atoms with Gasteiger partial charge in [-0.2, -0.15) is 0 Å². The van der Waals surface area contributed by atoms with Crippen LogP contribution < -0.4 is 0 Å². The number of halogens is 1. The van der Waals surface area contributed by atoms with Crippen LogP contribution in [0.1, 0.15) is 0 Å². The molecule has 0 aliphatic heterocycles. The lowest BCUT2D eigenvalue weighted by molar-refractivity contribution is -0.152. The van der Waals surface area contributed by atoms with Crippen molar-refractivity contribution in [3.63, 3.8) is 0 Å². The van der Waals surface area contributed by atoms with Gasteiger partial charge >= 0.3 is 29.8 Å². The van der Waals surface area contributed by atoms with Gasteiger partial charge in [-0.15, -0.1) is 0 Å². The molecule has 0 spiro atoms. The number of carbonyl (C=O) groups is 5. The second kappa shape index (κ2) is 19.3. The number of esters is 5. The number of hydrogen-bond acceptors (Lipinski definition) is 14. The van der Waals surface area contributed by atoms with Crippen LogP contribution >= 0.6 is 0 Å². The van der Waals surface area contributed by atoms with E-state index in [1.807, 2.05) is 0 Å². The van der Waals surface area contributed by atoms with Crippen LogP contribution in [0.4, 0.5) is 4.39 Å². The number of hydrogen-bond donors (Lipinski definition) is 0. The first kappa shape index (κ1) is 33.1. The third-order valence-electron chi connectivity index (χ3n) is 5.00. The second-order valence-corrected chi connectivity index (χ2v) is 7.28. The molecule has 1 atom stereocenters. The van der Waals surface area contributed by atoms with Gasteiger partial charge in [0.2, 0.25) is 0 Å². The first-order valence-electron chi connectivity index (χ1n) is 10.8. The van der Waals surface area contributed by atoms with E-state index in [0.717, 1.165) is 7.11 Å². The van der Waals surface area contributed by atoms with E-state index in [9.17, 15) is 28.4 Å². The molecule has 0 saturated carbocycles. The maximum Gasteiger partial charge on any atom is 0.325 e. The van der Waals surface area contributed by atoms with E-state index in [0.29, 0.717) is 0 Å². The highest BCUT2D eigenvalue weighted by Gasteiger charge is 2.29. The maximum absolute atomic E-state index is 12.7. The monoisotopic (exact) mass is 525 g/mol. The summed E-state index contributed by atoms with van der Waals surface area (Å²) in [6.45, 7) is -2.12. The molecule has 0 aliphatic carbocycles. The average molecular weight is 526 g/mol. The Kier molecular flexibility index (Phi) is 17.8. The number of ether oxygens (including phenoxy) is 6. The van der Waals surface area contributed by atoms with Crippen molar-refractivity contribution >= 4 is 29.8 Å². The van der Waals surface area contributed by atoms with E-state index in [-0.39, 0.29) is 59.0 Å². The van der Waals surface area contributed by atoms with Gasteiger partial charge in [-0.1, -0.05) is 0 Å². The lowest BCUT2D eigenvalue weighted by Crippen LogP contribution is -2.52. The quantitative estimate of drug-likeness (QED) is 0.136. The van der Waals surface area contributed by atoms with Gasteiger partial charge in [0.25, 0.3) is 0 Å². The summed E-state index contributed by atoms with van der Waals surface area (Å²) in [5.41, 5.74) is 0. The van der Waals surface area contributed by atoms with Crippen LogP contribution in [0.25, 0.3) is 0 Å². The van der Waals surface area contributed by atoms with Gasteiger partial charge in [0.15, 0.2) is 6.86 Å². The minimum Gasteiger partial charge on any atom is -0.468 e. The van der Waals surface area contributed by atoms with Gasteiger partial charge in [0.1, 0.15) is 6.04 Å². The molecular formula is C21H36FN3O11. The molecule has 0 amide bonds. The number of rotatable bonds is 19. The highest BCUT2D eigenvalue weighted by molar-refractivity contribution is 5.76. The Bertz CT molecular complexity index is 631. The largest absolute Gasteiger partial charge is 0.468 e. The van der Waals surface area contributed by atoms with Gasteiger partial charge in [-0.3, -0.25) is 38.7 Å². The molecule has 15 heteroatoms. The lowest BCUT2D eigenvalue weighted by Gasteiger charge is -2.33. The van der Waals surface area contributed by atoms with Crippen LogP contribution in [0, 0.1) is 0 Å². The smallest absolute Gasteiger partial charge is 0.325 e. The molecule has 0 radical (unpaired) electrons. The molecule has 1 unspecified atom stereocenters. The van der Waals surface area contributed by atoms with Crippen molar-refractivity contribution in [2.24, 2.45) is 0 Å². The summed E-state index contributed by atoms with van der Waals surface area (Å²) in [7, 11) is 5.95. The Labute approximate surface area is 209 Å². The van der Waals surface area contributed by atoms with Gasteiger partial charge in [0.05, 0.1) is 68.3 Å². The first-order valence-corrected chi connectivity index (χ1v) is 10.8. The Morgan fingerprint density at radius 2 is 0.972 bits per heavy atom. The zero-order chi connectivity index (χ0) is 27.5. The fourth-order valence-electron chi connectivity index (χ4n) is 2.99. The summed E-state index contributed by atoms with van der Waals surface area (Å²) in [6.07, 6.45) is 0. The lowest BCUT2D eigenvalue weighted by atomic mass is 10.2. The second-order valence-electron chi connectivity index (χ2n) is 7.28.